The van der Waals surface area contributed by atoms with Gasteiger partial charge in [-0.25, -0.2) is 0 Å². The number of amides is 2. The quantitative estimate of drug-likeness (QED) is 0.815. The maximum atomic E-state index is 12.3. The molecule has 5 nitrogen and oxygen atoms in total. The summed E-state index contributed by atoms with van der Waals surface area (Å²) in [6.07, 6.45) is 5.89. The molecule has 1 saturated carbocycles. The minimum Gasteiger partial charge on any atom is -0.353 e. The van der Waals surface area contributed by atoms with E-state index in [-0.39, 0.29) is 35.9 Å². The number of nitrogens with one attached hydrogen (secondary N) is 2. The lowest BCUT2D eigenvalue weighted by Crippen LogP contribution is -2.38. The van der Waals surface area contributed by atoms with E-state index in [0.29, 0.717) is 10.6 Å². The summed E-state index contributed by atoms with van der Waals surface area (Å²) >= 11 is 1.25. The predicted octanol–water partition coefficient (Wildman–Crippen LogP) is 3.52. The van der Waals surface area contributed by atoms with Crippen molar-refractivity contribution in [1.82, 2.24) is 10.6 Å². The molecule has 0 aromatic heterocycles. The van der Waals surface area contributed by atoms with Crippen molar-refractivity contribution in [3.63, 3.8) is 0 Å². The molecular weight excluding hydrogens is 358 g/mol. The van der Waals surface area contributed by atoms with E-state index < -0.39 is 0 Å². The van der Waals surface area contributed by atoms with Crippen molar-refractivity contribution in [2.75, 3.05) is 5.75 Å². The van der Waals surface area contributed by atoms with Crippen molar-refractivity contribution in [3.05, 3.63) is 46.0 Å². The minimum atomic E-state index is -0.256. The summed E-state index contributed by atoms with van der Waals surface area (Å²) in [6.45, 7) is 2.00. The van der Waals surface area contributed by atoms with Gasteiger partial charge in [-0.1, -0.05) is 60.9 Å². The summed E-state index contributed by atoms with van der Waals surface area (Å²) in [5, 5.41) is 16.1. The van der Waals surface area contributed by atoms with Crippen LogP contribution in [0.2, 0.25) is 0 Å². The molecule has 3 rings (SSSR count). The van der Waals surface area contributed by atoms with Gasteiger partial charge in [0.05, 0.1) is 22.4 Å². The summed E-state index contributed by atoms with van der Waals surface area (Å²) < 4.78 is 0. The third kappa shape index (κ3) is 5.14. The topological polar surface area (TPSA) is 82.0 Å². The highest BCUT2D eigenvalue weighted by atomic mass is 32.2. The number of rotatable bonds is 5. The number of carbonyl (C=O) groups excluding carboxylic acids is 2. The Morgan fingerprint density at radius 1 is 1.26 bits per heavy atom. The van der Waals surface area contributed by atoms with E-state index in [1.54, 1.807) is 0 Å². The fraction of sp³-hybridized carbons (Fsp3) is 0.476. The van der Waals surface area contributed by atoms with E-state index in [1.165, 1.54) is 18.2 Å². The molecule has 2 N–H and O–H groups in total. The average molecular weight is 384 g/mol. The van der Waals surface area contributed by atoms with E-state index in [4.69, 9.17) is 0 Å². The van der Waals surface area contributed by atoms with E-state index in [9.17, 15) is 14.9 Å². The first kappa shape index (κ1) is 19.5. The van der Waals surface area contributed by atoms with Crippen molar-refractivity contribution in [3.8, 4) is 6.07 Å². The van der Waals surface area contributed by atoms with Gasteiger partial charge in [-0.15, -0.1) is 0 Å². The molecule has 2 aliphatic rings. The lowest BCUT2D eigenvalue weighted by atomic mass is 9.87. The highest BCUT2D eigenvalue weighted by Gasteiger charge is 2.30. The van der Waals surface area contributed by atoms with Crippen LogP contribution < -0.4 is 10.6 Å². The molecule has 0 bridgehead atoms. The highest BCUT2D eigenvalue weighted by Crippen LogP contribution is 2.35. The standard InChI is InChI=1S/C21H25N3O2S/c1-14-7-9-15(10-8-14)17-11-19(25)24-21(18(17)12-22)27-13-20(26)23-16-5-3-2-4-6-16/h7-10,16-17H,2-6,11,13H2,1H3,(H,23,26)(H,24,25)/t17-/m0/s1. The van der Waals surface area contributed by atoms with E-state index in [0.717, 1.165) is 36.8 Å². The van der Waals surface area contributed by atoms with Gasteiger partial charge >= 0.3 is 0 Å². The first-order valence-corrected chi connectivity index (χ1v) is 10.5. The van der Waals surface area contributed by atoms with Gasteiger partial charge in [-0.3, -0.25) is 9.59 Å². The van der Waals surface area contributed by atoms with Crippen LogP contribution in [-0.2, 0) is 9.59 Å². The number of thioether (sulfide) groups is 1. The Bertz CT molecular complexity index is 774. The number of benzene rings is 1. The molecule has 0 radical (unpaired) electrons. The molecule has 0 saturated heterocycles. The molecule has 1 aromatic rings. The van der Waals surface area contributed by atoms with Gasteiger partial charge in [-0.05, 0) is 25.3 Å². The largest absolute Gasteiger partial charge is 0.353 e. The molecule has 1 aliphatic carbocycles. The van der Waals surface area contributed by atoms with Gasteiger partial charge < -0.3 is 10.6 Å². The van der Waals surface area contributed by atoms with Crippen LogP contribution in [-0.4, -0.2) is 23.6 Å². The Hall–Kier alpha value is -2.26. The fourth-order valence-electron chi connectivity index (χ4n) is 3.67. The van der Waals surface area contributed by atoms with Gasteiger partial charge in [0.25, 0.3) is 0 Å². The molecule has 1 aliphatic heterocycles. The highest BCUT2D eigenvalue weighted by molar-refractivity contribution is 8.03. The summed E-state index contributed by atoms with van der Waals surface area (Å²) in [5.74, 6) is -0.204. The monoisotopic (exact) mass is 383 g/mol. The smallest absolute Gasteiger partial charge is 0.230 e. The van der Waals surface area contributed by atoms with Crippen molar-refractivity contribution in [1.29, 1.82) is 5.26 Å². The van der Waals surface area contributed by atoms with Gasteiger partial charge in [0.1, 0.15) is 0 Å². The first-order chi connectivity index (χ1) is 13.1. The Morgan fingerprint density at radius 2 is 1.96 bits per heavy atom. The zero-order chi connectivity index (χ0) is 19.2. The van der Waals surface area contributed by atoms with Crippen LogP contribution in [0.5, 0.6) is 0 Å². The summed E-state index contributed by atoms with van der Waals surface area (Å²) in [6, 6.07) is 10.4. The number of aryl methyl sites for hydroxylation is 1. The summed E-state index contributed by atoms with van der Waals surface area (Å²) in [4.78, 5) is 24.4. The number of nitrogens with zero attached hydrogens (tertiary/aromatic N) is 1. The molecule has 1 aromatic carbocycles. The number of carbonyl (C=O) groups is 2. The molecule has 142 valence electrons. The zero-order valence-electron chi connectivity index (χ0n) is 15.6. The lowest BCUT2D eigenvalue weighted by Gasteiger charge is -2.26. The van der Waals surface area contributed by atoms with Crippen LogP contribution in [0, 0.1) is 18.3 Å². The number of hydrogen-bond acceptors (Lipinski definition) is 4. The van der Waals surface area contributed by atoms with Crippen LogP contribution in [0.4, 0.5) is 0 Å². The maximum Gasteiger partial charge on any atom is 0.230 e. The van der Waals surface area contributed by atoms with E-state index >= 15 is 0 Å². The van der Waals surface area contributed by atoms with Crippen LogP contribution >= 0.6 is 11.8 Å². The molecule has 0 spiro atoms. The Labute approximate surface area is 164 Å². The molecule has 1 atom stereocenters. The Morgan fingerprint density at radius 3 is 2.63 bits per heavy atom. The van der Waals surface area contributed by atoms with Gasteiger partial charge in [0.15, 0.2) is 0 Å². The molecule has 1 fully saturated rings. The number of hydrogen-bond donors (Lipinski definition) is 2. The fourth-order valence-corrected chi connectivity index (χ4v) is 4.56. The van der Waals surface area contributed by atoms with Crippen LogP contribution in [0.15, 0.2) is 34.9 Å². The van der Waals surface area contributed by atoms with Crippen molar-refractivity contribution >= 4 is 23.6 Å². The Balaban J connectivity index is 1.69. The average Bonchev–Trinajstić information content (AvgIpc) is 2.67. The molecule has 0 unspecified atom stereocenters. The zero-order valence-corrected chi connectivity index (χ0v) is 16.4. The van der Waals surface area contributed by atoms with Gasteiger partial charge in [-0.2, -0.15) is 5.26 Å². The van der Waals surface area contributed by atoms with Crippen molar-refractivity contribution in [2.24, 2.45) is 0 Å². The summed E-state index contributed by atoms with van der Waals surface area (Å²) in [5.41, 5.74) is 2.63. The molecule has 1 heterocycles. The lowest BCUT2D eigenvalue weighted by molar-refractivity contribution is -0.121. The van der Waals surface area contributed by atoms with Crippen LogP contribution in [0.1, 0.15) is 55.6 Å². The number of allylic oxidation sites excluding steroid dienone is 1. The Kier molecular flexibility index (Phi) is 6.57. The second kappa shape index (κ2) is 9.09. The van der Waals surface area contributed by atoms with Gasteiger partial charge in [0.2, 0.25) is 11.8 Å². The first-order valence-electron chi connectivity index (χ1n) is 9.49. The van der Waals surface area contributed by atoms with Crippen molar-refractivity contribution < 1.29 is 9.59 Å². The SMILES string of the molecule is Cc1ccc([C@@H]2CC(=O)NC(SCC(=O)NC3CCCCC3)=C2C#N)cc1. The summed E-state index contributed by atoms with van der Waals surface area (Å²) in [7, 11) is 0. The predicted molar refractivity (Wildman–Crippen MR) is 107 cm³/mol. The maximum absolute atomic E-state index is 12.3. The van der Waals surface area contributed by atoms with Gasteiger partial charge in [0, 0.05) is 18.4 Å². The molecule has 6 heteroatoms. The molecule has 2 amide bonds. The minimum absolute atomic E-state index is 0.0385. The third-order valence-electron chi connectivity index (χ3n) is 5.15. The van der Waals surface area contributed by atoms with E-state index in [1.807, 2.05) is 31.2 Å². The van der Waals surface area contributed by atoms with Crippen LogP contribution in [0.3, 0.4) is 0 Å². The molecule has 27 heavy (non-hydrogen) atoms. The van der Waals surface area contributed by atoms with E-state index in [2.05, 4.69) is 16.7 Å². The van der Waals surface area contributed by atoms with Crippen molar-refractivity contribution in [2.45, 2.75) is 57.4 Å². The number of nitriles is 1. The second-order valence-electron chi connectivity index (χ2n) is 7.26. The molecular formula is C21H25N3O2S. The normalized spacial score (nSPS) is 20.7. The second-order valence-corrected chi connectivity index (χ2v) is 8.25. The van der Waals surface area contributed by atoms with Crippen LogP contribution in [0.25, 0.3) is 0 Å². The third-order valence-corrected chi connectivity index (χ3v) is 6.17.